The topological polar surface area (TPSA) is 0 Å². The van der Waals surface area contributed by atoms with Crippen LogP contribution < -0.4 is 0 Å². The Morgan fingerprint density at radius 2 is 2.42 bits per heavy atom. The first-order chi connectivity index (χ1) is 6.29. The van der Waals surface area contributed by atoms with Crippen LogP contribution in [0.5, 0.6) is 0 Å². The molecule has 0 aliphatic heterocycles. The van der Waals surface area contributed by atoms with E-state index in [0.717, 1.165) is 30.4 Å². The minimum Gasteiger partial charge on any atom is -0.0991 e. The van der Waals surface area contributed by atoms with Crippen LogP contribution in [0.4, 0.5) is 0 Å². The molecule has 0 aromatic carbocycles. The lowest BCUT2D eigenvalue weighted by Crippen LogP contribution is -1.91. The second kappa shape index (κ2) is 4.76. The molecular weight excluding hydrogens is 144 g/mol. The molecule has 0 amide bonds. The van der Waals surface area contributed by atoms with E-state index in [0.29, 0.717) is 6.05 Å². The summed E-state index contributed by atoms with van der Waals surface area (Å²) in [5.41, 5.74) is 2.27. The molecule has 0 saturated carbocycles. The van der Waals surface area contributed by atoms with Crippen LogP contribution in [0.25, 0.3) is 0 Å². The van der Waals surface area contributed by atoms with Crippen molar-refractivity contribution in [2.75, 3.05) is 0 Å². The zero-order valence-corrected chi connectivity index (χ0v) is 7.64. The molecule has 0 radical (unpaired) electrons. The Morgan fingerprint density at radius 3 is 3.08 bits per heavy atom. The van der Waals surface area contributed by atoms with Crippen LogP contribution in [-0.4, -0.2) is 0 Å². The molecule has 0 N–H and O–H groups in total. The van der Waals surface area contributed by atoms with E-state index in [-0.39, 0.29) is 0 Å². The van der Waals surface area contributed by atoms with Gasteiger partial charge in [0.05, 0.1) is 1.37 Å². The van der Waals surface area contributed by atoms with Gasteiger partial charge in [0, 0.05) is 0 Å². The number of hydrogen-bond donors (Lipinski definition) is 0. The summed E-state index contributed by atoms with van der Waals surface area (Å²) in [5, 5.41) is 0. The molecule has 64 valence electrons. The molecule has 0 unspecified atom stereocenters. The van der Waals surface area contributed by atoms with Crippen molar-refractivity contribution in [1.82, 2.24) is 0 Å². The predicted octanol–water partition coefficient (Wildman–Crippen LogP) is 3.79. The van der Waals surface area contributed by atoms with Gasteiger partial charge in [0.15, 0.2) is 0 Å². The van der Waals surface area contributed by atoms with Crippen molar-refractivity contribution in [2.24, 2.45) is 0 Å². The fraction of sp³-hybridized carbons (Fsp3) is 0.333. The minimum absolute atomic E-state index is 0.698. The second-order valence-electron chi connectivity index (χ2n) is 2.93. The summed E-state index contributed by atoms with van der Waals surface area (Å²) in [5.74, 6) is 0. The summed E-state index contributed by atoms with van der Waals surface area (Å²) < 4.78 is 7.91. The van der Waals surface area contributed by atoms with Crippen molar-refractivity contribution >= 4 is 0 Å². The van der Waals surface area contributed by atoms with E-state index in [1.807, 2.05) is 25.2 Å². The van der Waals surface area contributed by atoms with Crippen molar-refractivity contribution < 1.29 is 1.37 Å². The van der Waals surface area contributed by atoms with Gasteiger partial charge in [-0.1, -0.05) is 36.9 Å². The Balaban J connectivity index is 2.98. The van der Waals surface area contributed by atoms with E-state index in [4.69, 9.17) is 1.37 Å². The number of allylic oxidation sites excluding steroid dienone is 7. The normalized spacial score (nSPS) is 23.4. The van der Waals surface area contributed by atoms with E-state index in [2.05, 4.69) is 6.58 Å². The summed E-state index contributed by atoms with van der Waals surface area (Å²) in [7, 11) is 0. The van der Waals surface area contributed by atoms with Crippen LogP contribution in [0.1, 0.15) is 27.6 Å². The van der Waals surface area contributed by atoms with Gasteiger partial charge in [-0.2, -0.15) is 0 Å². The van der Waals surface area contributed by atoms with Crippen LogP contribution >= 0.6 is 0 Å². The Morgan fingerprint density at radius 1 is 1.58 bits per heavy atom. The fourth-order valence-corrected chi connectivity index (χ4v) is 1.39. The lowest BCUT2D eigenvalue weighted by molar-refractivity contribution is 0.797. The maximum Gasteiger partial charge on any atom is 0.0629 e. The van der Waals surface area contributed by atoms with Gasteiger partial charge < -0.3 is 0 Å². The van der Waals surface area contributed by atoms with Crippen LogP contribution in [0.15, 0.2) is 48.1 Å². The average molecular weight is 161 g/mol. The van der Waals surface area contributed by atoms with Crippen LogP contribution in [0.2, 0.25) is 0 Å². The summed E-state index contributed by atoms with van der Waals surface area (Å²) in [6.07, 6.45) is 11.0. The highest BCUT2D eigenvalue weighted by Crippen LogP contribution is 2.22. The summed E-state index contributed by atoms with van der Waals surface area (Å²) in [4.78, 5) is 0. The molecule has 0 aromatic rings. The quantitative estimate of drug-likeness (QED) is 0.578. The lowest BCUT2D eigenvalue weighted by Gasteiger charge is -2.11. The summed E-state index contributed by atoms with van der Waals surface area (Å²) in [6, 6.07) is 0.698. The van der Waals surface area contributed by atoms with Gasteiger partial charge in [-0.25, -0.2) is 0 Å². The van der Waals surface area contributed by atoms with E-state index in [1.54, 1.807) is 6.08 Å². The first-order valence-electron chi connectivity index (χ1n) is 4.94. The summed E-state index contributed by atoms with van der Waals surface area (Å²) in [6.45, 7) is 5.65. The fourth-order valence-electron chi connectivity index (χ4n) is 1.39. The van der Waals surface area contributed by atoms with Gasteiger partial charge in [0.2, 0.25) is 0 Å². The van der Waals surface area contributed by atoms with Crippen molar-refractivity contribution in [3.8, 4) is 0 Å². The number of rotatable bonds is 2. The highest BCUT2D eigenvalue weighted by Gasteiger charge is 2.03. The van der Waals surface area contributed by atoms with Crippen molar-refractivity contribution in [2.45, 2.75) is 26.2 Å². The molecular formula is C12H16. The van der Waals surface area contributed by atoms with Gasteiger partial charge in [0.1, 0.15) is 0 Å². The average Bonchev–Trinajstić information content (AvgIpc) is 2.13. The first-order valence-corrected chi connectivity index (χ1v) is 4.44. The SMILES string of the molecule is [2H]C1=C(/C=C/C)CCCC1=CC=C. The third kappa shape index (κ3) is 2.54. The third-order valence-corrected chi connectivity index (χ3v) is 1.90. The van der Waals surface area contributed by atoms with Crippen molar-refractivity contribution in [3.63, 3.8) is 0 Å². The third-order valence-electron chi connectivity index (χ3n) is 1.90. The molecule has 0 saturated heterocycles. The smallest absolute Gasteiger partial charge is 0.0629 e. The first kappa shape index (κ1) is 7.60. The Hall–Kier alpha value is -1.04. The highest BCUT2D eigenvalue weighted by molar-refractivity contribution is 5.34. The molecule has 0 atom stereocenters. The van der Waals surface area contributed by atoms with Gasteiger partial charge in [-0.3, -0.25) is 0 Å². The molecule has 1 aliphatic rings. The predicted molar refractivity (Wildman–Crippen MR) is 55.0 cm³/mol. The molecule has 0 fully saturated rings. The lowest BCUT2D eigenvalue weighted by atomic mass is 9.95. The zero-order chi connectivity index (χ0) is 9.68. The highest BCUT2D eigenvalue weighted by atomic mass is 14.1. The molecule has 0 aromatic heterocycles. The Labute approximate surface area is 76.4 Å². The Bertz CT molecular complexity index is 279. The maximum atomic E-state index is 7.91. The molecule has 0 heterocycles. The van der Waals surface area contributed by atoms with Crippen LogP contribution in [0.3, 0.4) is 0 Å². The van der Waals surface area contributed by atoms with Gasteiger partial charge >= 0.3 is 0 Å². The molecule has 1 aliphatic carbocycles. The second-order valence-corrected chi connectivity index (χ2v) is 2.93. The minimum atomic E-state index is 0.698. The van der Waals surface area contributed by atoms with Crippen LogP contribution in [0, 0.1) is 0 Å². The van der Waals surface area contributed by atoms with Crippen molar-refractivity contribution in [1.29, 1.82) is 0 Å². The molecule has 0 bridgehead atoms. The Kier molecular flexibility index (Phi) is 3.02. The van der Waals surface area contributed by atoms with Gasteiger partial charge in [0.25, 0.3) is 0 Å². The number of hydrogen-bond acceptors (Lipinski definition) is 0. The van der Waals surface area contributed by atoms with Gasteiger partial charge in [-0.05, 0) is 37.3 Å². The van der Waals surface area contributed by atoms with E-state index in [9.17, 15) is 0 Å². The van der Waals surface area contributed by atoms with E-state index in [1.165, 1.54) is 0 Å². The maximum absolute atomic E-state index is 7.91. The van der Waals surface area contributed by atoms with E-state index < -0.39 is 0 Å². The largest absolute Gasteiger partial charge is 0.0991 e. The molecule has 0 heteroatoms. The molecule has 1 rings (SSSR count). The van der Waals surface area contributed by atoms with Gasteiger partial charge in [-0.15, -0.1) is 0 Å². The van der Waals surface area contributed by atoms with Crippen LogP contribution in [-0.2, 0) is 0 Å². The zero-order valence-electron chi connectivity index (χ0n) is 8.64. The summed E-state index contributed by atoms with van der Waals surface area (Å²) >= 11 is 0. The molecule has 0 spiro atoms. The standard InChI is InChI=1S/C12H16/c1-3-6-11-8-5-9-12(10-11)7-4-2/h3-4,6-7,10H,1,5,8-9H2,2H3/b7-4+,11-6?/i10D. The molecule has 0 nitrogen and oxygen atoms in total. The molecule has 12 heavy (non-hydrogen) atoms. The van der Waals surface area contributed by atoms with E-state index >= 15 is 0 Å². The monoisotopic (exact) mass is 161 g/mol. The van der Waals surface area contributed by atoms with Crippen molar-refractivity contribution in [3.05, 3.63) is 48.1 Å².